The van der Waals surface area contributed by atoms with Gasteiger partial charge in [-0.3, -0.25) is 58.9 Å². The standard InChI is InChI=1S/C50H79N16O11P/c1-29(77-78(74,75)76)42-48(73)66-25-9-8-18-38(66)47(72)64-37(27-30-21-22-31-12-2-3-13-32(31)26-30)46(71)63-36(17-11-24-60-50(57)58)44(69)61-34(16-10-23-59-49(55)56)39(67)28-33(14-4-6-19-40(51)52)43(68)62-35(45(70)65-42)15-5-7-20-41(53)54/h2-3,12-13,21-22,26,29,33-38,42H,4-11,14-20,23-25,27-28H2,1H3,(H3,51,52)(H3,53,54)(H,61,69)(H,62,68)(H,63,71)(H,64,72)(H,65,70)(H4,55,56,59)(H4,57,58,60)(H2,74,75,76)/t29?,33-,34-,35?,36-,37-,38?,42+/m0/s1. The van der Waals surface area contributed by atoms with Gasteiger partial charge >= 0.3 is 7.82 Å². The largest absolute Gasteiger partial charge is 0.469 e. The highest BCUT2D eigenvalue weighted by Crippen LogP contribution is 2.38. The zero-order valence-corrected chi connectivity index (χ0v) is 45.0. The summed E-state index contributed by atoms with van der Waals surface area (Å²) in [6.07, 6.45) is 0.0823. The molecule has 0 aliphatic carbocycles. The number of benzene rings is 2. The molecule has 4 rings (SSSR count). The van der Waals surface area contributed by atoms with Crippen molar-refractivity contribution in [2.45, 2.75) is 158 Å². The van der Waals surface area contributed by atoms with Crippen LogP contribution in [0.2, 0.25) is 0 Å². The highest BCUT2D eigenvalue weighted by atomic mass is 31.2. The number of hydrogen-bond donors (Lipinski definition) is 15. The zero-order valence-electron chi connectivity index (χ0n) is 44.1. The first-order chi connectivity index (χ1) is 36.9. The number of carbonyl (C=O) groups is 7. The quantitative estimate of drug-likeness (QED) is 0.0285. The molecular weight excluding hydrogens is 1030 g/mol. The molecule has 0 aromatic heterocycles. The number of aliphatic imine (C=N–C) groups is 2. The number of nitrogens with two attached hydrogens (primary N) is 6. The third-order valence-corrected chi connectivity index (χ3v) is 14.0. The summed E-state index contributed by atoms with van der Waals surface area (Å²) in [4.78, 5) is 132. The summed E-state index contributed by atoms with van der Waals surface area (Å²) in [7, 11) is -5.35. The normalized spacial score (nSPS) is 22.8. The number of phosphoric ester groups is 1. The molecule has 0 radical (unpaired) electrons. The Labute approximate surface area is 453 Å². The average molecular weight is 1110 g/mol. The molecule has 2 aliphatic heterocycles. The van der Waals surface area contributed by atoms with Crippen LogP contribution in [-0.4, -0.2) is 141 Å². The van der Waals surface area contributed by atoms with Gasteiger partial charge in [-0.15, -0.1) is 0 Å². The molecule has 2 fully saturated rings. The third kappa shape index (κ3) is 21.7. The molecule has 78 heavy (non-hydrogen) atoms. The molecule has 2 heterocycles. The second kappa shape index (κ2) is 31.2. The van der Waals surface area contributed by atoms with Crippen LogP contribution < -0.4 is 61.0 Å². The fraction of sp³-hybridized carbons (Fsp3) is 0.580. The molecule has 0 bridgehead atoms. The van der Waals surface area contributed by atoms with Gasteiger partial charge in [-0.25, -0.2) is 4.57 Å². The maximum Gasteiger partial charge on any atom is 0.469 e. The van der Waals surface area contributed by atoms with Gasteiger partial charge < -0.3 is 75.7 Å². The number of hydrogen-bond acceptors (Lipinski definition) is 13. The Morgan fingerprint density at radius 2 is 1.19 bits per heavy atom. The molecule has 2 aromatic rings. The van der Waals surface area contributed by atoms with E-state index >= 15 is 0 Å². The number of guanidine groups is 2. The lowest BCUT2D eigenvalue weighted by Crippen LogP contribution is -2.63. The summed E-state index contributed by atoms with van der Waals surface area (Å²) in [5.41, 5.74) is 34.2. The second-order valence-electron chi connectivity index (χ2n) is 19.8. The number of fused-ring (bicyclic) bond motifs is 2. The first kappa shape index (κ1) is 63.3. The summed E-state index contributed by atoms with van der Waals surface area (Å²) < 4.78 is 17.3. The Bertz CT molecular complexity index is 2550. The summed E-state index contributed by atoms with van der Waals surface area (Å²) >= 11 is 0. The molecule has 27 nitrogen and oxygen atoms in total. The van der Waals surface area contributed by atoms with Crippen molar-refractivity contribution in [3.05, 3.63) is 48.0 Å². The van der Waals surface area contributed by atoms with E-state index in [1.54, 1.807) is 6.07 Å². The number of phosphoric acid groups is 1. The van der Waals surface area contributed by atoms with Crippen LogP contribution in [0.3, 0.4) is 0 Å². The van der Waals surface area contributed by atoms with Gasteiger partial charge in [0.05, 0.1) is 23.8 Å². The van der Waals surface area contributed by atoms with Crippen molar-refractivity contribution in [3.8, 4) is 0 Å². The van der Waals surface area contributed by atoms with E-state index in [2.05, 4.69) is 36.6 Å². The van der Waals surface area contributed by atoms with Gasteiger partial charge in [0.25, 0.3) is 0 Å². The molecule has 2 saturated heterocycles. The van der Waals surface area contributed by atoms with Crippen molar-refractivity contribution in [1.29, 1.82) is 10.8 Å². The predicted octanol–water partition coefficient (Wildman–Crippen LogP) is -0.626. The van der Waals surface area contributed by atoms with E-state index in [0.717, 1.165) is 22.6 Å². The van der Waals surface area contributed by atoms with Gasteiger partial charge in [0, 0.05) is 51.2 Å². The van der Waals surface area contributed by atoms with Gasteiger partial charge in [0.1, 0.15) is 30.2 Å². The number of ketones is 1. The SMILES string of the molecule is CC(OP(=O)(O)O)[C@H]1NC(=O)C(CCCCC(=N)N)NC(=O)[C@@H](CCCCC(=N)N)CC(=O)[C@H](CCCN=C(N)N)NC(=O)[C@H](CCCN=C(N)N)NC(=O)[C@H](Cc2ccc3ccccc3c2)NC(=O)C2CCCCN2C1=O. The Morgan fingerprint density at radius 3 is 1.79 bits per heavy atom. The fourth-order valence-corrected chi connectivity index (χ4v) is 9.96. The molecule has 430 valence electrons. The lowest BCUT2D eigenvalue weighted by molar-refractivity contribution is -0.148. The lowest BCUT2D eigenvalue weighted by Gasteiger charge is -2.39. The minimum absolute atomic E-state index is 0.0336. The van der Waals surface area contributed by atoms with Crippen LogP contribution in [-0.2, 0) is 49.1 Å². The average Bonchev–Trinajstić information content (AvgIpc) is 3.39. The van der Waals surface area contributed by atoms with E-state index in [1.807, 2.05) is 36.4 Å². The van der Waals surface area contributed by atoms with Gasteiger partial charge in [0.15, 0.2) is 17.7 Å². The van der Waals surface area contributed by atoms with E-state index in [4.69, 9.17) is 49.7 Å². The number of carbonyl (C=O) groups excluding carboxylic acids is 7. The molecular formula is C50H79N16O11P. The highest BCUT2D eigenvalue weighted by Gasteiger charge is 2.42. The topological polar surface area (TPSA) is 478 Å². The van der Waals surface area contributed by atoms with E-state index in [9.17, 15) is 47.9 Å². The monoisotopic (exact) mass is 1110 g/mol. The van der Waals surface area contributed by atoms with Crippen LogP contribution in [0.1, 0.15) is 115 Å². The first-order valence-corrected chi connectivity index (χ1v) is 27.8. The lowest BCUT2D eigenvalue weighted by atomic mass is 9.90. The van der Waals surface area contributed by atoms with Crippen molar-refractivity contribution in [2.75, 3.05) is 19.6 Å². The number of nitrogens with zero attached hydrogens (tertiary/aromatic N) is 3. The Kier molecular flexibility index (Phi) is 25.4. The van der Waals surface area contributed by atoms with Crippen LogP contribution >= 0.6 is 7.82 Å². The van der Waals surface area contributed by atoms with Gasteiger partial charge in [-0.05, 0) is 93.9 Å². The third-order valence-electron chi connectivity index (χ3n) is 13.4. The second-order valence-corrected chi connectivity index (χ2v) is 21.0. The molecule has 8 atom stereocenters. The fourth-order valence-electron chi connectivity index (χ4n) is 9.41. The van der Waals surface area contributed by atoms with Crippen molar-refractivity contribution in [2.24, 2.45) is 50.3 Å². The first-order valence-electron chi connectivity index (χ1n) is 26.3. The van der Waals surface area contributed by atoms with Crippen LogP contribution in [0.15, 0.2) is 52.4 Å². The van der Waals surface area contributed by atoms with Crippen LogP contribution in [0, 0.1) is 16.7 Å². The van der Waals surface area contributed by atoms with E-state index in [-0.39, 0.29) is 120 Å². The van der Waals surface area contributed by atoms with Crippen molar-refractivity contribution < 1.29 is 52.4 Å². The zero-order chi connectivity index (χ0) is 57.5. The summed E-state index contributed by atoms with van der Waals surface area (Å²) in [6.45, 7) is 1.17. The summed E-state index contributed by atoms with van der Waals surface area (Å²) in [5, 5.41) is 30.8. The minimum atomic E-state index is -5.35. The van der Waals surface area contributed by atoms with Crippen molar-refractivity contribution in [3.63, 3.8) is 0 Å². The van der Waals surface area contributed by atoms with E-state index < -0.39 is 104 Å². The van der Waals surface area contributed by atoms with Gasteiger partial charge in [-0.2, -0.15) is 0 Å². The molecule has 21 N–H and O–H groups in total. The maximum atomic E-state index is 14.9. The molecule has 28 heteroatoms. The van der Waals surface area contributed by atoms with Gasteiger partial charge in [0.2, 0.25) is 35.4 Å². The highest BCUT2D eigenvalue weighted by molar-refractivity contribution is 7.46. The number of rotatable bonds is 23. The minimum Gasteiger partial charge on any atom is -0.388 e. The van der Waals surface area contributed by atoms with Crippen LogP contribution in [0.4, 0.5) is 0 Å². The van der Waals surface area contributed by atoms with Crippen molar-refractivity contribution >= 4 is 83.4 Å². The Hall–Kier alpha value is -7.22. The number of nitrogens with one attached hydrogen (secondary N) is 7. The Morgan fingerprint density at radius 1 is 0.667 bits per heavy atom. The van der Waals surface area contributed by atoms with Crippen molar-refractivity contribution in [1.82, 2.24) is 31.5 Å². The number of piperidine rings is 1. The van der Waals surface area contributed by atoms with Gasteiger partial charge in [-0.1, -0.05) is 55.3 Å². The smallest absolute Gasteiger partial charge is 0.388 e. The predicted molar refractivity (Wildman–Crippen MR) is 293 cm³/mol. The van der Waals surface area contributed by atoms with E-state index in [1.165, 1.54) is 0 Å². The van der Waals surface area contributed by atoms with E-state index in [0.29, 0.717) is 31.2 Å². The number of amidine groups is 2. The molecule has 0 spiro atoms. The molecule has 2 aliphatic rings. The Balaban J connectivity index is 1.92. The molecule has 2 aromatic carbocycles. The van der Waals surface area contributed by atoms with Crippen LogP contribution in [0.5, 0.6) is 0 Å². The number of amides is 6. The summed E-state index contributed by atoms with van der Waals surface area (Å²) in [6, 6.07) is 4.21. The number of Topliss-reactive ketones (excluding diaryl/α,β-unsaturated/α-hetero) is 1. The maximum absolute atomic E-state index is 14.9. The van der Waals surface area contributed by atoms with Crippen LogP contribution in [0.25, 0.3) is 10.8 Å². The molecule has 0 saturated carbocycles. The summed E-state index contributed by atoms with van der Waals surface area (Å²) in [5.74, 6) is -7.63. The number of unbranched alkanes of at least 4 members (excludes halogenated alkanes) is 2. The molecule has 3 unspecified atom stereocenters. The molecule has 6 amide bonds.